The molecule has 1 aromatic rings. The molecular formula is C10H9F3N2O5. The van der Waals surface area contributed by atoms with E-state index in [9.17, 15) is 28.1 Å². The lowest BCUT2D eigenvalue weighted by Gasteiger charge is -2.10. The van der Waals surface area contributed by atoms with E-state index in [1.54, 1.807) is 0 Å². The van der Waals surface area contributed by atoms with Crippen molar-refractivity contribution in [2.24, 2.45) is 0 Å². The summed E-state index contributed by atoms with van der Waals surface area (Å²) in [7, 11) is 0. The van der Waals surface area contributed by atoms with Gasteiger partial charge < -0.3 is 9.47 Å². The van der Waals surface area contributed by atoms with E-state index in [-0.39, 0.29) is 12.3 Å². The van der Waals surface area contributed by atoms with Gasteiger partial charge in [0.05, 0.1) is 11.5 Å². The highest BCUT2D eigenvalue weighted by Gasteiger charge is 2.34. The number of hydrogen-bond acceptors (Lipinski definition) is 6. The maximum absolute atomic E-state index is 12.1. The Labute approximate surface area is 110 Å². The molecule has 0 atom stereocenters. The molecule has 110 valence electrons. The molecule has 1 rings (SSSR count). The fraction of sp³-hybridized carbons (Fsp3) is 0.400. The number of pyridine rings is 1. The molecule has 1 aromatic heterocycles. The largest absolute Gasteiger partial charge is 0.574 e. The maximum atomic E-state index is 12.1. The lowest BCUT2D eigenvalue weighted by molar-refractivity contribution is -0.386. The van der Waals surface area contributed by atoms with Crippen LogP contribution in [0.3, 0.4) is 0 Å². The molecule has 10 heteroatoms. The average Bonchev–Trinajstić information content (AvgIpc) is 2.25. The summed E-state index contributed by atoms with van der Waals surface area (Å²) in [5.74, 6) is -2.10. The molecule has 0 aliphatic carbocycles. The molecule has 0 aliphatic rings. The topological polar surface area (TPSA) is 91.6 Å². The number of rotatable bonds is 4. The summed E-state index contributed by atoms with van der Waals surface area (Å²) in [4.78, 5) is 24.8. The van der Waals surface area contributed by atoms with Gasteiger partial charge in [-0.2, -0.15) is 0 Å². The summed E-state index contributed by atoms with van der Waals surface area (Å²) in [6.07, 6.45) is -5.03. The minimum atomic E-state index is -5.03. The van der Waals surface area contributed by atoms with Gasteiger partial charge in [-0.3, -0.25) is 10.1 Å². The van der Waals surface area contributed by atoms with E-state index >= 15 is 0 Å². The van der Waals surface area contributed by atoms with Gasteiger partial charge in [0, 0.05) is 6.07 Å². The van der Waals surface area contributed by atoms with Crippen LogP contribution in [0.4, 0.5) is 18.9 Å². The second-order valence-electron chi connectivity index (χ2n) is 3.47. The minimum absolute atomic E-state index is 0.0905. The van der Waals surface area contributed by atoms with E-state index in [1.807, 2.05) is 0 Å². The van der Waals surface area contributed by atoms with Crippen LogP contribution in [-0.4, -0.2) is 28.8 Å². The molecule has 0 N–H and O–H groups in total. The first-order valence-electron chi connectivity index (χ1n) is 5.24. The van der Waals surface area contributed by atoms with Crippen molar-refractivity contribution in [2.75, 3.05) is 6.61 Å². The third-order valence-electron chi connectivity index (χ3n) is 2.04. The number of esters is 1. The smallest absolute Gasteiger partial charge is 0.462 e. The Bertz CT molecular complexity index is 544. The van der Waals surface area contributed by atoms with Crippen LogP contribution < -0.4 is 4.74 Å². The first-order valence-corrected chi connectivity index (χ1v) is 5.24. The van der Waals surface area contributed by atoms with Gasteiger partial charge in [0.15, 0.2) is 0 Å². The molecule has 0 radical (unpaired) electrons. The lowest BCUT2D eigenvalue weighted by atomic mass is 10.2. The van der Waals surface area contributed by atoms with Gasteiger partial charge in [-0.25, -0.2) is 9.78 Å². The Hall–Kier alpha value is -2.39. The maximum Gasteiger partial charge on any atom is 0.574 e. The van der Waals surface area contributed by atoms with Gasteiger partial charge in [-0.1, -0.05) is 0 Å². The highest BCUT2D eigenvalue weighted by molar-refractivity contribution is 5.94. The number of nitrogens with zero attached hydrogens (tertiary/aromatic N) is 2. The van der Waals surface area contributed by atoms with Crippen LogP contribution in [0.1, 0.15) is 23.0 Å². The van der Waals surface area contributed by atoms with Crippen molar-refractivity contribution in [1.82, 2.24) is 4.98 Å². The third-order valence-corrected chi connectivity index (χ3v) is 2.04. The van der Waals surface area contributed by atoms with Crippen molar-refractivity contribution in [1.29, 1.82) is 0 Å². The van der Waals surface area contributed by atoms with E-state index < -0.39 is 34.4 Å². The SMILES string of the molecule is CCOC(=O)c1cc(OC(F)(F)F)nc(C)c1[N+](=O)[O-]. The fourth-order valence-corrected chi connectivity index (χ4v) is 1.40. The summed E-state index contributed by atoms with van der Waals surface area (Å²) >= 11 is 0. The van der Waals surface area contributed by atoms with Gasteiger partial charge in [0.25, 0.3) is 0 Å². The lowest BCUT2D eigenvalue weighted by Crippen LogP contribution is -2.19. The normalized spacial score (nSPS) is 11.1. The number of carbonyl (C=O) groups is 1. The van der Waals surface area contributed by atoms with Crippen LogP contribution in [0.25, 0.3) is 0 Å². The Morgan fingerprint density at radius 3 is 2.55 bits per heavy atom. The summed E-state index contributed by atoms with van der Waals surface area (Å²) in [6.45, 7) is 2.45. The van der Waals surface area contributed by atoms with E-state index in [0.717, 1.165) is 6.92 Å². The van der Waals surface area contributed by atoms with Crippen LogP contribution >= 0.6 is 0 Å². The standard InChI is InChI=1S/C10H9F3N2O5/c1-3-19-9(16)6-4-7(20-10(11,12)13)14-5(2)8(6)15(17)18/h4H,3H2,1-2H3. The van der Waals surface area contributed by atoms with Gasteiger partial charge in [0.2, 0.25) is 5.88 Å². The van der Waals surface area contributed by atoms with Gasteiger partial charge in [-0.05, 0) is 13.8 Å². The van der Waals surface area contributed by atoms with Crippen molar-refractivity contribution in [2.45, 2.75) is 20.2 Å². The van der Waals surface area contributed by atoms with E-state index in [1.165, 1.54) is 6.92 Å². The molecule has 0 aliphatic heterocycles. The predicted octanol–water partition coefficient (Wildman–Crippen LogP) is 2.37. The van der Waals surface area contributed by atoms with Gasteiger partial charge in [-0.15, -0.1) is 13.2 Å². The quantitative estimate of drug-likeness (QED) is 0.481. The van der Waals surface area contributed by atoms with Crippen LogP contribution in [0.5, 0.6) is 5.88 Å². The summed E-state index contributed by atoms with van der Waals surface area (Å²) in [5, 5.41) is 10.8. The molecule has 20 heavy (non-hydrogen) atoms. The molecule has 0 aromatic carbocycles. The van der Waals surface area contributed by atoms with E-state index in [2.05, 4.69) is 14.5 Å². The number of halogens is 3. The zero-order valence-electron chi connectivity index (χ0n) is 10.4. The van der Waals surface area contributed by atoms with E-state index in [0.29, 0.717) is 6.07 Å². The number of carbonyl (C=O) groups excluding carboxylic acids is 1. The molecule has 0 bridgehead atoms. The second kappa shape index (κ2) is 5.72. The molecule has 0 unspecified atom stereocenters. The van der Waals surface area contributed by atoms with Gasteiger partial charge >= 0.3 is 18.0 Å². The number of hydrogen-bond donors (Lipinski definition) is 0. The molecule has 7 nitrogen and oxygen atoms in total. The third kappa shape index (κ3) is 3.80. The zero-order valence-corrected chi connectivity index (χ0v) is 10.4. The first-order chi connectivity index (χ1) is 9.15. The van der Waals surface area contributed by atoms with Crippen molar-refractivity contribution in [3.63, 3.8) is 0 Å². The van der Waals surface area contributed by atoms with Gasteiger partial charge in [0.1, 0.15) is 11.3 Å². The predicted molar refractivity (Wildman–Crippen MR) is 58.3 cm³/mol. The molecule has 0 fully saturated rings. The monoisotopic (exact) mass is 294 g/mol. The second-order valence-corrected chi connectivity index (χ2v) is 3.47. The van der Waals surface area contributed by atoms with Crippen molar-refractivity contribution >= 4 is 11.7 Å². The van der Waals surface area contributed by atoms with E-state index in [4.69, 9.17) is 0 Å². The summed E-state index contributed by atoms with van der Waals surface area (Å²) < 4.78 is 44.4. The molecule has 0 saturated carbocycles. The number of aryl methyl sites for hydroxylation is 1. The molecule has 0 spiro atoms. The Morgan fingerprint density at radius 2 is 2.10 bits per heavy atom. The fourth-order valence-electron chi connectivity index (χ4n) is 1.40. The van der Waals surface area contributed by atoms with Crippen LogP contribution in [-0.2, 0) is 4.74 Å². The highest BCUT2D eigenvalue weighted by atomic mass is 19.4. The Balaban J connectivity index is 3.35. The summed E-state index contributed by atoms with van der Waals surface area (Å²) in [6, 6.07) is 0.524. The molecule has 0 amide bonds. The molecule has 0 saturated heterocycles. The Morgan fingerprint density at radius 1 is 1.50 bits per heavy atom. The number of aromatic nitrogens is 1. The average molecular weight is 294 g/mol. The summed E-state index contributed by atoms with van der Waals surface area (Å²) in [5.41, 5.74) is -1.76. The minimum Gasteiger partial charge on any atom is -0.462 e. The van der Waals surface area contributed by atoms with Crippen molar-refractivity contribution in [3.8, 4) is 5.88 Å². The van der Waals surface area contributed by atoms with Crippen LogP contribution in [0.2, 0.25) is 0 Å². The zero-order chi connectivity index (χ0) is 15.5. The molecular weight excluding hydrogens is 285 g/mol. The van der Waals surface area contributed by atoms with Crippen LogP contribution in [0.15, 0.2) is 6.07 Å². The molecule has 1 heterocycles. The highest BCUT2D eigenvalue weighted by Crippen LogP contribution is 2.29. The van der Waals surface area contributed by atoms with Crippen molar-refractivity contribution < 1.29 is 32.4 Å². The number of ether oxygens (including phenoxy) is 2. The Kier molecular flexibility index (Phi) is 4.48. The van der Waals surface area contributed by atoms with Crippen molar-refractivity contribution in [3.05, 3.63) is 27.4 Å². The van der Waals surface area contributed by atoms with Crippen LogP contribution in [0, 0.1) is 17.0 Å². The number of alkyl halides is 3. The number of nitro groups is 1. The first kappa shape index (κ1) is 15.7.